The number of aryl methyl sites for hydroxylation is 1. The maximum atomic E-state index is 12.0. The fourth-order valence-electron chi connectivity index (χ4n) is 2.38. The number of nitrogens with zero attached hydrogens (tertiary/aromatic N) is 2. The van der Waals surface area contributed by atoms with E-state index in [4.69, 9.17) is 18.7 Å². The lowest BCUT2D eigenvalue weighted by Crippen LogP contribution is -2.29. The first-order chi connectivity index (χ1) is 11.6. The van der Waals surface area contributed by atoms with E-state index in [9.17, 15) is 4.79 Å². The first kappa shape index (κ1) is 16.6. The fraction of sp³-hybridized carbons (Fsp3) is 0.471. The van der Waals surface area contributed by atoms with Crippen molar-refractivity contribution in [2.75, 3.05) is 13.2 Å². The standard InChI is InChI=1S/C17H20N2O5/c1-11(22-10-15-4-3-9-21-15)17(20)23-14-7-5-13(6-8-14)16-18-12(2)24-19-16/h5-8,11,15H,3-4,9-10H2,1-2H3/t11-,15+/m1/s1. The average molecular weight is 332 g/mol. The van der Waals surface area contributed by atoms with E-state index in [-0.39, 0.29) is 6.10 Å². The quantitative estimate of drug-likeness (QED) is 0.593. The van der Waals surface area contributed by atoms with Gasteiger partial charge in [0.2, 0.25) is 11.7 Å². The molecule has 1 aromatic carbocycles. The molecule has 0 bridgehead atoms. The van der Waals surface area contributed by atoms with Gasteiger partial charge in [0.1, 0.15) is 5.75 Å². The van der Waals surface area contributed by atoms with Crippen molar-refractivity contribution in [3.05, 3.63) is 30.2 Å². The minimum Gasteiger partial charge on any atom is -0.425 e. The highest BCUT2D eigenvalue weighted by atomic mass is 16.6. The Morgan fingerprint density at radius 2 is 2.17 bits per heavy atom. The highest BCUT2D eigenvalue weighted by Gasteiger charge is 2.21. The molecular weight excluding hydrogens is 312 g/mol. The first-order valence-electron chi connectivity index (χ1n) is 7.97. The Bertz CT molecular complexity index is 677. The molecule has 2 aromatic rings. The monoisotopic (exact) mass is 332 g/mol. The zero-order valence-electron chi connectivity index (χ0n) is 13.7. The summed E-state index contributed by atoms with van der Waals surface area (Å²) < 4.78 is 21.2. The van der Waals surface area contributed by atoms with Crippen molar-refractivity contribution in [3.63, 3.8) is 0 Å². The van der Waals surface area contributed by atoms with E-state index in [2.05, 4.69) is 10.1 Å². The Labute approximate surface area is 139 Å². The van der Waals surface area contributed by atoms with Crippen LogP contribution in [-0.2, 0) is 14.3 Å². The molecule has 1 saturated heterocycles. The molecule has 0 radical (unpaired) electrons. The lowest BCUT2D eigenvalue weighted by molar-refractivity contribution is -0.148. The molecule has 1 fully saturated rings. The minimum atomic E-state index is -0.645. The van der Waals surface area contributed by atoms with Crippen molar-refractivity contribution in [1.82, 2.24) is 10.1 Å². The van der Waals surface area contributed by atoms with E-state index in [1.165, 1.54) is 0 Å². The van der Waals surface area contributed by atoms with Crippen molar-refractivity contribution in [1.29, 1.82) is 0 Å². The lowest BCUT2D eigenvalue weighted by Gasteiger charge is -2.15. The second-order valence-electron chi connectivity index (χ2n) is 5.69. The summed E-state index contributed by atoms with van der Waals surface area (Å²) in [5.41, 5.74) is 0.786. The summed E-state index contributed by atoms with van der Waals surface area (Å²) in [7, 11) is 0. The van der Waals surface area contributed by atoms with Crippen molar-refractivity contribution >= 4 is 5.97 Å². The van der Waals surface area contributed by atoms with Crippen LogP contribution in [0.2, 0.25) is 0 Å². The van der Waals surface area contributed by atoms with Crippen LogP contribution in [0.5, 0.6) is 5.75 Å². The van der Waals surface area contributed by atoms with Crippen LogP contribution >= 0.6 is 0 Å². The molecular formula is C17H20N2O5. The predicted octanol–water partition coefficient (Wildman–Crippen LogP) is 2.53. The van der Waals surface area contributed by atoms with Gasteiger partial charge in [-0.05, 0) is 44.0 Å². The van der Waals surface area contributed by atoms with Gasteiger partial charge in [0.15, 0.2) is 6.10 Å². The van der Waals surface area contributed by atoms with E-state index in [0.717, 1.165) is 25.0 Å². The summed E-state index contributed by atoms with van der Waals surface area (Å²) in [6, 6.07) is 6.91. The molecule has 0 saturated carbocycles. The Hall–Kier alpha value is -2.25. The molecule has 2 atom stereocenters. The van der Waals surface area contributed by atoms with Gasteiger partial charge in [-0.25, -0.2) is 4.79 Å². The molecule has 1 aromatic heterocycles. The van der Waals surface area contributed by atoms with Crippen LogP contribution < -0.4 is 4.74 Å². The number of ether oxygens (including phenoxy) is 3. The van der Waals surface area contributed by atoms with Crippen LogP contribution in [-0.4, -0.2) is 41.5 Å². The molecule has 0 unspecified atom stereocenters. The molecule has 1 aliphatic heterocycles. The van der Waals surface area contributed by atoms with E-state index < -0.39 is 12.1 Å². The van der Waals surface area contributed by atoms with E-state index in [1.807, 2.05) is 0 Å². The second-order valence-corrected chi connectivity index (χ2v) is 5.69. The van der Waals surface area contributed by atoms with E-state index >= 15 is 0 Å². The second kappa shape index (κ2) is 7.55. The Kier molecular flexibility index (Phi) is 5.22. The van der Waals surface area contributed by atoms with E-state index in [1.54, 1.807) is 38.1 Å². The van der Waals surface area contributed by atoms with Gasteiger partial charge in [-0.15, -0.1) is 0 Å². The first-order valence-corrected chi connectivity index (χ1v) is 7.97. The van der Waals surface area contributed by atoms with Crippen LogP contribution in [0.3, 0.4) is 0 Å². The van der Waals surface area contributed by atoms with Crippen molar-refractivity contribution in [2.24, 2.45) is 0 Å². The SMILES string of the molecule is Cc1nc(-c2ccc(OC(=O)[C@@H](C)OC[C@@H]3CCCO3)cc2)no1. The lowest BCUT2D eigenvalue weighted by atomic mass is 10.2. The third-order valence-corrected chi connectivity index (χ3v) is 3.75. The molecule has 24 heavy (non-hydrogen) atoms. The maximum Gasteiger partial charge on any atom is 0.340 e. The summed E-state index contributed by atoms with van der Waals surface area (Å²) in [5, 5.41) is 3.84. The van der Waals surface area contributed by atoms with Crippen LogP contribution in [0, 0.1) is 6.92 Å². The predicted molar refractivity (Wildman–Crippen MR) is 84.5 cm³/mol. The normalized spacial score (nSPS) is 18.5. The Balaban J connectivity index is 1.52. The summed E-state index contributed by atoms with van der Waals surface area (Å²) in [4.78, 5) is 16.2. The molecule has 0 spiro atoms. The number of rotatable bonds is 6. The number of carbonyl (C=O) groups is 1. The fourth-order valence-corrected chi connectivity index (χ4v) is 2.38. The summed E-state index contributed by atoms with van der Waals surface area (Å²) >= 11 is 0. The smallest absolute Gasteiger partial charge is 0.340 e. The molecule has 0 amide bonds. The zero-order valence-corrected chi connectivity index (χ0v) is 13.7. The molecule has 7 heteroatoms. The minimum absolute atomic E-state index is 0.0814. The third-order valence-electron chi connectivity index (χ3n) is 3.75. The Morgan fingerprint density at radius 3 is 2.79 bits per heavy atom. The van der Waals surface area contributed by atoms with Gasteiger partial charge in [0, 0.05) is 19.1 Å². The highest BCUT2D eigenvalue weighted by molar-refractivity contribution is 5.77. The molecule has 3 rings (SSSR count). The third kappa shape index (κ3) is 4.18. The Morgan fingerprint density at radius 1 is 1.38 bits per heavy atom. The number of benzene rings is 1. The number of aromatic nitrogens is 2. The summed E-state index contributed by atoms with van der Waals surface area (Å²) in [6.07, 6.45) is 1.45. The van der Waals surface area contributed by atoms with Gasteiger partial charge < -0.3 is 18.7 Å². The molecule has 0 aliphatic carbocycles. The van der Waals surface area contributed by atoms with Crippen LogP contribution in [0.4, 0.5) is 0 Å². The number of hydrogen-bond donors (Lipinski definition) is 0. The van der Waals surface area contributed by atoms with Gasteiger partial charge in [-0.3, -0.25) is 0 Å². The number of esters is 1. The maximum absolute atomic E-state index is 12.0. The van der Waals surface area contributed by atoms with Crippen molar-refractivity contribution in [3.8, 4) is 17.1 Å². The molecule has 2 heterocycles. The summed E-state index contributed by atoms with van der Waals surface area (Å²) in [5.74, 6) is 1.00. The van der Waals surface area contributed by atoms with Gasteiger partial charge >= 0.3 is 5.97 Å². The molecule has 0 N–H and O–H groups in total. The highest BCUT2D eigenvalue weighted by Crippen LogP contribution is 2.20. The van der Waals surface area contributed by atoms with Gasteiger partial charge in [0.25, 0.3) is 0 Å². The van der Waals surface area contributed by atoms with Gasteiger partial charge in [-0.2, -0.15) is 4.98 Å². The number of hydrogen-bond acceptors (Lipinski definition) is 7. The molecule has 1 aliphatic rings. The average Bonchev–Trinajstić information content (AvgIpc) is 3.25. The zero-order chi connectivity index (χ0) is 16.9. The van der Waals surface area contributed by atoms with Crippen molar-refractivity contribution < 1.29 is 23.5 Å². The van der Waals surface area contributed by atoms with Gasteiger partial charge in [0.05, 0.1) is 12.7 Å². The van der Waals surface area contributed by atoms with Crippen LogP contribution in [0.15, 0.2) is 28.8 Å². The molecule has 7 nitrogen and oxygen atoms in total. The van der Waals surface area contributed by atoms with Crippen LogP contribution in [0.1, 0.15) is 25.7 Å². The largest absolute Gasteiger partial charge is 0.425 e. The summed E-state index contributed by atoms with van der Waals surface area (Å²) in [6.45, 7) is 4.57. The topological polar surface area (TPSA) is 83.7 Å². The molecule has 128 valence electrons. The van der Waals surface area contributed by atoms with Crippen molar-refractivity contribution in [2.45, 2.75) is 38.9 Å². The van der Waals surface area contributed by atoms with E-state index in [0.29, 0.717) is 24.1 Å². The van der Waals surface area contributed by atoms with Crippen LogP contribution in [0.25, 0.3) is 11.4 Å². The van der Waals surface area contributed by atoms with Gasteiger partial charge in [-0.1, -0.05) is 5.16 Å². The number of carbonyl (C=O) groups excluding carboxylic acids is 1.